The van der Waals surface area contributed by atoms with Crippen molar-refractivity contribution in [3.05, 3.63) is 29.8 Å². The zero-order chi connectivity index (χ0) is 19.5. The van der Waals surface area contributed by atoms with Crippen LogP contribution in [0.5, 0.6) is 0 Å². The molecule has 1 aromatic carbocycles. The molecule has 26 heavy (non-hydrogen) atoms. The van der Waals surface area contributed by atoms with E-state index in [1.807, 2.05) is 0 Å². The minimum absolute atomic E-state index is 0.0818. The van der Waals surface area contributed by atoms with E-state index < -0.39 is 34.0 Å². The van der Waals surface area contributed by atoms with E-state index in [-0.39, 0.29) is 16.7 Å². The van der Waals surface area contributed by atoms with Crippen LogP contribution in [-0.4, -0.2) is 44.3 Å². The highest BCUT2D eigenvalue weighted by atomic mass is 32.2. The monoisotopic (exact) mass is 382 g/mol. The molecule has 0 radical (unpaired) electrons. The number of benzene rings is 1. The third kappa shape index (κ3) is 5.37. The molecule has 8 nitrogen and oxygen atoms in total. The van der Waals surface area contributed by atoms with Gasteiger partial charge in [-0.2, -0.15) is 4.72 Å². The number of ether oxygens (including phenoxy) is 1. The fraction of sp³-hybridized carbons (Fsp3) is 0.471. The molecule has 1 aliphatic rings. The number of nitrogens with one attached hydrogen (secondary N) is 2. The van der Waals surface area contributed by atoms with Crippen molar-refractivity contribution < 1.29 is 27.5 Å². The summed E-state index contributed by atoms with van der Waals surface area (Å²) < 4.78 is 31.8. The van der Waals surface area contributed by atoms with Crippen molar-refractivity contribution in [2.75, 3.05) is 0 Å². The number of sulfonamides is 1. The molecule has 0 bridgehead atoms. The normalized spacial score (nSPS) is 16.4. The van der Waals surface area contributed by atoms with Crippen LogP contribution >= 0.6 is 0 Å². The number of carbonyl (C=O) groups is 3. The van der Waals surface area contributed by atoms with Gasteiger partial charge in [-0.05, 0) is 45.7 Å². The first-order valence-corrected chi connectivity index (χ1v) is 9.72. The third-order valence-electron chi connectivity index (χ3n) is 3.84. The lowest BCUT2D eigenvalue weighted by molar-refractivity contribution is -0.156. The smallest absolute Gasteiger partial charge is 0.324 e. The summed E-state index contributed by atoms with van der Waals surface area (Å²) in [6.07, 6.45) is 0.806. The van der Waals surface area contributed by atoms with Crippen LogP contribution in [0.1, 0.15) is 44.0 Å². The molecule has 0 unspecified atom stereocenters. The van der Waals surface area contributed by atoms with E-state index in [0.29, 0.717) is 5.56 Å². The molecule has 0 aliphatic heterocycles. The second-order valence-electron chi connectivity index (χ2n) is 6.29. The molecule has 1 amide bonds. The Bertz CT molecular complexity index is 799. The molecule has 2 atom stereocenters. The molecule has 9 heteroatoms. The van der Waals surface area contributed by atoms with Gasteiger partial charge in [0.25, 0.3) is 5.91 Å². The predicted octanol–water partition coefficient (Wildman–Crippen LogP) is 0.766. The van der Waals surface area contributed by atoms with Crippen molar-refractivity contribution in [1.82, 2.24) is 10.0 Å². The highest BCUT2D eigenvalue weighted by Gasteiger charge is 2.29. The van der Waals surface area contributed by atoms with E-state index in [2.05, 4.69) is 10.0 Å². The van der Waals surface area contributed by atoms with Crippen molar-refractivity contribution in [2.24, 2.45) is 0 Å². The first kappa shape index (κ1) is 20.1. The van der Waals surface area contributed by atoms with Crippen LogP contribution in [0.4, 0.5) is 0 Å². The van der Waals surface area contributed by atoms with Crippen molar-refractivity contribution in [2.45, 2.75) is 56.7 Å². The fourth-order valence-electron chi connectivity index (χ4n) is 2.09. The minimum Gasteiger partial charge on any atom is -0.451 e. The fourth-order valence-corrected chi connectivity index (χ4v) is 3.29. The number of carbonyl (C=O) groups excluding carboxylic acids is 3. The van der Waals surface area contributed by atoms with Gasteiger partial charge in [0.1, 0.15) is 6.04 Å². The lowest BCUT2D eigenvalue weighted by Crippen LogP contribution is -2.43. The summed E-state index contributed by atoms with van der Waals surface area (Å²) in [4.78, 5) is 35.0. The summed E-state index contributed by atoms with van der Waals surface area (Å²) in [5.41, 5.74) is 0.381. The second-order valence-corrected chi connectivity index (χ2v) is 8.00. The quantitative estimate of drug-likeness (QED) is 0.506. The van der Waals surface area contributed by atoms with Crippen LogP contribution in [0.2, 0.25) is 0 Å². The van der Waals surface area contributed by atoms with Crippen LogP contribution in [0.25, 0.3) is 0 Å². The summed E-state index contributed by atoms with van der Waals surface area (Å²) in [6, 6.07) is 4.31. The van der Waals surface area contributed by atoms with E-state index in [9.17, 15) is 22.8 Å². The number of hydrogen-bond acceptors (Lipinski definition) is 6. The number of ketones is 1. The van der Waals surface area contributed by atoms with Crippen LogP contribution in [0.15, 0.2) is 29.2 Å². The third-order valence-corrected chi connectivity index (χ3v) is 5.40. The second kappa shape index (κ2) is 7.96. The number of rotatable bonds is 8. The van der Waals surface area contributed by atoms with Gasteiger partial charge >= 0.3 is 5.97 Å². The summed E-state index contributed by atoms with van der Waals surface area (Å²) in [5.74, 6) is -1.44. The molecule has 2 rings (SSSR count). The number of amides is 1. The highest BCUT2D eigenvalue weighted by Crippen LogP contribution is 2.19. The van der Waals surface area contributed by atoms with Crippen LogP contribution < -0.4 is 10.0 Å². The number of esters is 1. The highest BCUT2D eigenvalue weighted by molar-refractivity contribution is 7.89. The maximum Gasteiger partial charge on any atom is 0.324 e. The van der Waals surface area contributed by atoms with Gasteiger partial charge < -0.3 is 10.1 Å². The molecule has 0 aromatic heterocycles. The lowest BCUT2D eigenvalue weighted by atomic mass is 10.2. The Balaban J connectivity index is 1.95. The molecule has 2 N–H and O–H groups in total. The summed E-state index contributed by atoms with van der Waals surface area (Å²) in [7, 11) is -3.97. The Kier molecular flexibility index (Phi) is 6.14. The summed E-state index contributed by atoms with van der Waals surface area (Å²) in [5, 5.41) is 2.70. The molecular formula is C17H22N2O6S. The zero-order valence-electron chi connectivity index (χ0n) is 14.8. The Labute approximate surface area is 152 Å². The van der Waals surface area contributed by atoms with E-state index in [1.54, 1.807) is 0 Å². The Morgan fingerprint density at radius 1 is 1.12 bits per heavy atom. The van der Waals surface area contributed by atoms with Crippen molar-refractivity contribution >= 4 is 27.7 Å². The van der Waals surface area contributed by atoms with E-state index in [4.69, 9.17) is 4.74 Å². The average Bonchev–Trinajstić information content (AvgIpc) is 3.38. The maximum atomic E-state index is 12.3. The van der Waals surface area contributed by atoms with E-state index >= 15 is 0 Å². The van der Waals surface area contributed by atoms with Crippen LogP contribution in [0.3, 0.4) is 0 Å². The first-order chi connectivity index (χ1) is 12.1. The number of hydrogen-bond donors (Lipinski definition) is 2. The molecule has 1 aliphatic carbocycles. The van der Waals surface area contributed by atoms with Gasteiger partial charge in [-0.3, -0.25) is 14.4 Å². The molecule has 1 saturated carbocycles. The molecule has 0 spiro atoms. The Morgan fingerprint density at radius 3 is 2.19 bits per heavy atom. The maximum absolute atomic E-state index is 12.3. The van der Waals surface area contributed by atoms with Gasteiger partial charge in [0.05, 0.1) is 4.90 Å². The molecule has 0 saturated heterocycles. The zero-order valence-corrected chi connectivity index (χ0v) is 15.6. The first-order valence-electron chi connectivity index (χ1n) is 8.24. The van der Waals surface area contributed by atoms with Crippen LogP contribution in [0, 0.1) is 0 Å². The molecule has 0 heterocycles. The predicted molar refractivity (Wildman–Crippen MR) is 92.9 cm³/mol. The molecule has 1 fully saturated rings. The van der Waals surface area contributed by atoms with Gasteiger partial charge in [-0.25, -0.2) is 8.42 Å². The van der Waals surface area contributed by atoms with Gasteiger partial charge in [0, 0.05) is 11.6 Å². The SMILES string of the molecule is CC(=O)c1ccc(S(=O)(=O)N[C@@H](C)C(=O)O[C@@H](C)C(=O)NC2CC2)cc1. The van der Waals surface area contributed by atoms with Crippen molar-refractivity contribution in [3.63, 3.8) is 0 Å². The van der Waals surface area contributed by atoms with Crippen LogP contribution in [-0.2, 0) is 24.3 Å². The molecule has 142 valence electrons. The molecule has 1 aromatic rings. The van der Waals surface area contributed by atoms with Gasteiger partial charge in [0.2, 0.25) is 10.0 Å². The molecular weight excluding hydrogens is 360 g/mol. The summed E-state index contributed by atoms with van der Waals surface area (Å²) >= 11 is 0. The van der Waals surface area contributed by atoms with Gasteiger partial charge in [-0.15, -0.1) is 0 Å². The van der Waals surface area contributed by atoms with Crippen molar-refractivity contribution in [3.8, 4) is 0 Å². The lowest BCUT2D eigenvalue weighted by Gasteiger charge is -2.17. The standard InChI is InChI=1S/C17H22N2O6S/c1-10(17(22)25-12(3)16(21)18-14-6-7-14)19-26(23,24)15-8-4-13(5-9-15)11(2)20/h4-5,8-10,12,14,19H,6-7H2,1-3H3,(H,18,21)/t10-,12-/m0/s1. The van der Waals surface area contributed by atoms with Crippen molar-refractivity contribution in [1.29, 1.82) is 0 Å². The van der Waals surface area contributed by atoms with E-state index in [1.165, 1.54) is 45.0 Å². The van der Waals surface area contributed by atoms with E-state index in [0.717, 1.165) is 12.8 Å². The largest absolute Gasteiger partial charge is 0.451 e. The minimum atomic E-state index is -3.97. The average molecular weight is 382 g/mol. The van der Waals surface area contributed by atoms with Gasteiger partial charge in [-0.1, -0.05) is 12.1 Å². The Hall–Kier alpha value is -2.26. The van der Waals surface area contributed by atoms with Gasteiger partial charge in [0.15, 0.2) is 11.9 Å². The Morgan fingerprint density at radius 2 is 1.69 bits per heavy atom. The number of Topliss-reactive ketones (excluding diaryl/α,β-unsaturated/α-hetero) is 1. The topological polar surface area (TPSA) is 119 Å². The summed E-state index contributed by atoms with van der Waals surface area (Å²) in [6.45, 7) is 4.13.